The van der Waals surface area contributed by atoms with Crippen molar-refractivity contribution in [3.05, 3.63) is 33.5 Å². The summed E-state index contributed by atoms with van der Waals surface area (Å²) in [5.41, 5.74) is 3.61. The molecule has 19 heavy (non-hydrogen) atoms. The first-order chi connectivity index (χ1) is 8.86. The molecule has 0 saturated carbocycles. The SMILES string of the molecule is Cc1csc(CNCc2cn(C)nc2C(C)(C)C)n1. The van der Waals surface area contributed by atoms with Gasteiger partial charge in [0.15, 0.2) is 0 Å². The van der Waals surface area contributed by atoms with Crippen LogP contribution in [0.25, 0.3) is 0 Å². The van der Waals surface area contributed by atoms with Crippen LogP contribution in [0, 0.1) is 6.92 Å². The van der Waals surface area contributed by atoms with E-state index in [1.165, 1.54) is 5.56 Å². The van der Waals surface area contributed by atoms with Gasteiger partial charge in [0.25, 0.3) is 0 Å². The fraction of sp³-hybridized carbons (Fsp3) is 0.571. The van der Waals surface area contributed by atoms with Crippen molar-refractivity contribution in [3.8, 4) is 0 Å². The van der Waals surface area contributed by atoms with Crippen LogP contribution in [0.1, 0.15) is 42.7 Å². The smallest absolute Gasteiger partial charge is 0.107 e. The first-order valence-electron chi connectivity index (χ1n) is 6.51. The Morgan fingerprint density at radius 2 is 2.05 bits per heavy atom. The van der Waals surface area contributed by atoms with Crippen LogP contribution in [0.4, 0.5) is 0 Å². The molecule has 1 N–H and O–H groups in total. The molecule has 0 bridgehead atoms. The van der Waals surface area contributed by atoms with Gasteiger partial charge in [-0.3, -0.25) is 4.68 Å². The predicted molar refractivity (Wildman–Crippen MR) is 79.3 cm³/mol. The first kappa shape index (κ1) is 14.2. The van der Waals surface area contributed by atoms with E-state index in [-0.39, 0.29) is 5.41 Å². The number of nitrogens with one attached hydrogen (secondary N) is 1. The van der Waals surface area contributed by atoms with E-state index in [0.29, 0.717) is 0 Å². The molecule has 0 aliphatic heterocycles. The standard InChI is InChI=1S/C14H22N4S/c1-10-9-19-12(16-10)7-15-6-11-8-18(5)17-13(11)14(2,3)4/h8-9,15H,6-7H2,1-5H3. The molecule has 0 fully saturated rings. The summed E-state index contributed by atoms with van der Waals surface area (Å²) in [4.78, 5) is 4.45. The van der Waals surface area contributed by atoms with Crippen molar-refractivity contribution in [2.75, 3.05) is 0 Å². The Balaban J connectivity index is 2.00. The van der Waals surface area contributed by atoms with E-state index >= 15 is 0 Å². The minimum Gasteiger partial charge on any atom is -0.306 e. The molecule has 2 rings (SSSR count). The second-order valence-corrected chi connectivity index (χ2v) is 6.86. The van der Waals surface area contributed by atoms with E-state index in [2.05, 4.69) is 47.7 Å². The van der Waals surface area contributed by atoms with E-state index in [4.69, 9.17) is 0 Å². The minimum atomic E-state index is 0.0794. The molecule has 0 saturated heterocycles. The molecular formula is C14H22N4S. The van der Waals surface area contributed by atoms with E-state index in [0.717, 1.165) is 29.5 Å². The number of hydrogen-bond acceptors (Lipinski definition) is 4. The molecule has 2 aromatic heterocycles. The van der Waals surface area contributed by atoms with Crippen LogP contribution < -0.4 is 5.32 Å². The molecule has 0 amide bonds. The lowest BCUT2D eigenvalue weighted by Gasteiger charge is -2.17. The Kier molecular flexibility index (Phi) is 4.06. The lowest BCUT2D eigenvalue weighted by atomic mass is 9.89. The maximum absolute atomic E-state index is 4.58. The Morgan fingerprint density at radius 1 is 1.32 bits per heavy atom. The van der Waals surface area contributed by atoms with Crippen LogP contribution in [-0.4, -0.2) is 14.8 Å². The van der Waals surface area contributed by atoms with E-state index in [1.54, 1.807) is 11.3 Å². The number of rotatable bonds is 4. The molecule has 0 spiro atoms. The summed E-state index contributed by atoms with van der Waals surface area (Å²) in [7, 11) is 1.98. The summed E-state index contributed by atoms with van der Waals surface area (Å²) in [6, 6.07) is 0. The third-order valence-electron chi connectivity index (χ3n) is 2.87. The zero-order valence-corrected chi connectivity index (χ0v) is 13.1. The Bertz CT molecular complexity index is 548. The fourth-order valence-corrected chi connectivity index (χ4v) is 2.83. The maximum atomic E-state index is 4.58. The molecule has 104 valence electrons. The lowest BCUT2D eigenvalue weighted by Crippen LogP contribution is -2.19. The van der Waals surface area contributed by atoms with Gasteiger partial charge in [-0.1, -0.05) is 20.8 Å². The average molecular weight is 278 g/mol. The quantitative estimate of drug-likeness (QED) is 0.935. The molecular weight excluding hydrogens is 256 g/mol. The monoisotopic (exact) mass is 278 g/mol. The molecule has 2 heterocycles. The Morgan fingerprint density at radius 3 is 2.63 bits per heavy atom. The number of thiazole rings is 1. The van der Waals surface area contributed by atoms with Gasteiger partial charge in [-0.15, -0.1) is 11.3 Å². The summed E-state index contributed by atoms with van der Waals surface area (Å²) in [6.45, 7) is 10.3. The van der Waals surface area contributed by atoms with Gasteiger partial charge in [0.05, 0.1) is 5.69 Å². The summed E-state index contributed by atoms with van der Waals surface area (Å²) >= 11 is 1.71. The van der Waals surface area contributed by atoms with Gasteiger partial charge >= 0.3 is 0 Å². The molecule has 5 heteroatoms. The predicted octanol–water partition coefficient (Wildman–Crippen LogP) is 2.77. The molecule has 0 aromatic carbocycles. The van der Waals surface area contributed by atoms with Gasteiger partial charge in [0.2, 0.25) is 0 Å². The van der Waals surface area contributed by atoms with Crippen LogP contribution in [0.15, 0.2) is 11.6 Å². The Labute approximate surface area is 118 Å². The van der Waals surface area contributed by atoms with Crippen LogP contribution in [0.5, 0.6) is 0 Å². The van der Waals surface area contributed by atoms with Gasteiger partial charge < -0.3 is 5.32 Å². The van der Waals surface area contributed by atoms with Crippen LogP contribution in [0.3, 0.4) is 0 Å². The lowest BCUT2D eigenvalue weighted by molar-refractivity contribution is 0.543. The summed E-state index contributed by atoms with van der Waals surface area (Å²) in [6.07, 6.45) is 2.10. The second-order valence-electron chi connectivity index (χ2n) is 5.91. The molecule has 0 atom stereocenters. The van der Waals surface area contributed by atoms with Gasteiger partial charge in [-0.2, -0.15) is 5.10 Å². The highest BCUT2D eigenvalue weighted by Gasteiger charge is 2.21. The zero-order chi connectivity index (χ0) is 14.0. The highest BCUT2D eigenvalue weighted by atomic mass is 32.1. The number of aryl methyl sites for hydroxylation is 2. The third-order valence-corrected chi connectivity index (χ3v) is 3.84. The second kappa shape index (κ2) is 5.43. The zero-order valence-electron chi connectivity index (χ0n) is 12.3. The third kappa shape index (κ3) is 3.64. The Hall–Kier alpha value is -1.20. The van der Waals surface area contributed by atoms with Crippen LogP contribution in [-0.2, 0) is 25.6 Å². The normalized spacial score (nSPS) is 12.1. The van der Waals surface area contributed by atoms with Crippen LogP contribution >= 0.6 is 11.3 Å². The largest absolute Gasteiger partial charge is 0.306 e. The van der Waals surface area contributed by atoms with Crippen molar-refractivity contribution in [1.82, 2.24) is 20.1 Å². The number of hydrogen-bond donors (Lipinski definition) is 1. The molecule has 2 aromatic rings. The number of aromatic nitrogens is 3. The number of nitrogens with zero attached hydrogens (tertiary/aromatic N) is 3. The fourth-order valence-electron chi connectivity index (χ4n) is 2.09. The highest BCUT2D eigenvalue weighted by Crippen LogP contribution is 2.24. The van der Waals surface area contributed by atoms with E-state index in [1.807, 2.05) is 18.7 Å². The van der Waals surface area contributed by atoms with Crippen molar-refractivity contribution < 1.29 is 0 Å². The van der Waals surface area contributed by atoms with Gasteiger partial charge in [-0.25, -0.2) is 4.98 Å². The molecule has 4 nitrogen and oxygen atoms in total. The highest BCUT2D eigenvalue weighted by molar-refractivity contribution is 7.09. The van der Waals surface area contributed by atoms with Gasteiger partial charge in [-0.05, 0) is 6.92 Å². The summed E-state index contributed by atoms with van der Waals surface area (Å²) < 4.78 is 1.89. The first-order valence-corrected chi connectivity index (χ1v) is 7.39. The average Bonchev–Trinajstić information content (AvgIpc) is 2.85. The topological polar surface area (TPSA) is 42.7 Å². The molecule has 0 aliphatic carbocycles. The van der Waals surface area contributed by atoms with Gasteiger partial charge in [0.1, 0.15) is 5.01 Å². The van der Waals surface area contributed by atoms with Crippen molar-refractivity contribution >= 4 is 11.3 Å². The molecule has 0 unspecified atom stereocenters. The van der Waals surface area contributed by atoms with Crippen molar-refractivity contribution in [3.63, 3.8) is 0 Å². The van der Waals surface area contributed by atoms with Crippen LogP contribution in [0.2, 0.25) is 0 Å². The van der Waals surface area contributed by atoms with Gasteiger partial charge in [0, 0.05) is 48.4 Å². The van der Waals surface area contributed by atoms with E-state index < -0.39 is 0 Å². The molecule has 0 radical (unpaired) electrons. The van der Waals surface area contributed by atoms with Crippen molar-refractivity contribution in [2.24, 2.45) is 7.05 Å². The van der Waals surface area contributed by atoms with Crippen molar-refractivity contribution in [2.45, 2.75) is 46.2 Å². The molecule has 0 aliphatic rings. The minimum absolute atomic E-state index is 0.0794. The maximum Gasteiger partial charge on any atom is 0.107 e. The summed E-state index contributed by atoms with van der Waals surface area (Å²) in [5, 5.41) is 11.2. The van der Waals surface area contributed by atoms with E-state index in [9.17, 15) is 0 Å². The summed E-state index contributed by atoms with van der Waals surface area (Å²) in [5.74, 6) is 0. The van der Waals surface area contributed by atoms with Crippen molar-refractivity contribution in [1.29, 1.82) is 0 Å².